The monoisotopic (exact) mass is 350 g/mol. The third kappa shape index (κ3) is 3.10. The molecule has 6 heteroatoms. The first-order chi connectivity index (χ1) is 12.6. The van der Waals surface area contributed by atoms with Gasteiger partial charge in [0, 0.05) is 37.9 Å². The summed E-state index contributed by atoms with van der Waals surface area (Å²) < 4.78 is 1.53. The number of nitrogens with zero attached hydrogens (tertiary/aromatic N) is 2. The molecule has 1 aliphatic heterocycles. The summed E-state index contributed by atoms with van der Waals surface area (Å²) in [6, 6.07) is 13.6. The maximum Gasteiger partial charge on any atom is 0.326 e. The van der Waals surface area contributed by atoms with Gasteiger partial charge in [-0.15, -0.1) is 0 Å². The fraction of sp³-hybridized carbons (Fsp3) is 0.300. The Morgan fingerprint density at radius 1 is 1.12 bits per heavy atom. The van der Waals surface area contributed by atoms with E-state index >= 15 is 0 Å². The molecule has 2 heterocycles. The number of nitrogens with one attached hydrogen (secondary N) is 2. The van der Waals surface area contributed by atoms with Crippen molar-refractivity contribution in [2.75, 3.05) is 18.0 Å². The highest BCUT2D eigenvalue weighted by Gasteiger charge is 2.12. The van der Waals surface area contributed by atoms with Crippen LogP contribution in [0.5, 0.6) is 0 Å². The van der Waals surface area contributed by atoms with Crippen molar-refractivity contribution in [3.63, 3.8) is 0 Å². The van der Waals surface area contributed by atoms with E-state index in [-0.39, 0.29) is 11.6 Å². The maximum atomic E-state index is 12.4. The van der Waals surface area contributed by atoms with Gasteiger partial charge >= 0.3 is 5.69 Å². The van der Waals surface area contributed by atoms with E-state index in [4.69, 9.17) is 0 Å². The van der Waals surface area contributed by atoms with Gasteiger partial charge in [-0.3, -0.25) is 9.36 Å². The van der Waals surface area contributed by atoms with E-state index in [1.807, 2.05) is 0 Å². The number of anilines is 1. The molecule has 6 nitrogen and oxygen atoms in total. The van der Waals surface area contributed by atoms with Gasteiger partial charge in [0.2, 0.25) is 0 Å². The molecule has 1 amide bonds. The molecule has 0 bridgehead atoms. The van der Waals surface area contributed by atoms with E-state index in [1.165, 1.54) is 23.1 Å². The molecule has 0 atom stereocenters. The topological polar surface area (TPSA) is 70.1 Å². The lowest BCUT2D eigenvalue weighted by Gasteiger charge is -2.17. The number of rotatable bonds is 4. The first kappa shape index (κ1) is 16.4. The highest BCUT2D eigenvalue weighted by Crippen LogP contribution is 2.20. The number of benzene rings is 2. The average molecular weight is 350 g/mol. The van der Waals surface area contributed by atoms with Crippen LogP contribution in [-0.4, -0.2) is 28.5 Å². The number of fused-ring (bicyclic) bond motifs is 1. The fourth-order valence-electron chi connectivity index (χ4n) is 3.46. The lowest BCUT2D eigenvalue weighted by Crippen LogP contribution is -2.23. The quantitative estimate of drug-likeness (QED) is 0.759. The zero-order valence-corrected chi connectivity index (χ0v) is 14.8. The Labute approximate surface area is 151 Å². The van der Waals surface area contributed by atoms with Gasteiger partial charge in [0.25, 0.3) is 5.91 Å². The van der Waals surface area contributed by atoms with Crippen LogP contribution in [-0.2, 0) is 13.6 Å². The molecule has 3 aromatic rings. The molecule has 1 aliphatic rings. The second-order valence-corrected chi connectivity index (χ2v) is 6.76. The Bertz CT molecular complexity index is 995. The normalized spacial score (nSPS) is 14.1. The van der Waals surface area contributed by atoms with E-state index in [2.05, 4.69) is 39.5 Å². The van der Waals surface area contributed by atoms with Crippen molar-refractivity contribution in [2.45, 2.75) is 19.4 Å². The Hall–Kier alpha value is -3.02. The Balaban J connectivity index is 1.42. The van der Waals surface area contributed by atoms with E-state index in [0.717, 1.165) is 24.2 Å². The van der Waals surface area contributed by atoms with E-state index in [0.29, 0.717) is 17.6 Å². The molecular formula is C20H22N4O2. The van der Waals surface area contributed by atoms with Crippen LogP contribution < -0.4 is 15.9 Å². The molecule has 1 aromatic heterocycles. The first-order valence-corrected chi connectivity index (χ1v) is 8.93. The van der Waals surface area contributed by atoms with Crippen molar-refractivity contribution in [3.05, 3.63) is 64.1 Å². The third-order valence-corrected chi connectivity index (χ3v) is 5.03. The molecule has 2 aromatic carbocycles. The van der Waals surface area contributed by atoms with Gasteiger partial charge in [-0.1, -0.05) is 12.1 Å². The molecule has 2 N–H and O–H groups in total. The Morgan fingerprint density at radius 2 is 1.85 bits per heavy atom. The Kier molecular flexibility index (Phi) is 4.24. The van der Waals surface area contributed by atoms with Gasteiger partial charge in [-0.05, 0) is 48.7 Å². The van der Waals surface area contributed by atoms with Crippen LogP contribution in [0.2, 0.25) is 0 Å². The number of amides is 1. The van der Waals surface area contributed by atoms with E-state index in [1.54, 1.807) is 25.2 Å². The van der Waals surface area contributed by atoms with Crippen LogP contribution in [0, 0.1) is 0 Å². The van der Waals surface area contributed by atoms with Gasteiger partial charge in [-0.25, -0.2) is 4.79 Å². The van der Waals surface area contributed by atoms with Crippen molar-refractivity contribution in [1.29, 1.82) is 0 Å². The molecule has 134 valence electrons. The lowest BCUT2D eigenvalue weighted by atomic mass is 10.1. The van der Waals surface area contributed by atoms with Crippen LogP contribution in [0.3, 0.4) is 0 Å². The summed E-state index contributed by atoms with van der Waals surface area (Å²) >= 11 is 0. The van der Waals surface area contributed by atoms with E-state index < -0.39 is 0 Å². The second-order valence-electron chi connectivity index (χ2n) is 6.76. The second kappa shape index (κ2) is 6.71. The van der Waals surface area contributed by atoms with E-state index in [9.17, 15) is 9.59 Å². The standard InChI is InChI=1S/C20H22N4O2/c1-23-18-9-6-15(12-17(18)22-20(23)26)19(25)21-13-14-4-7-16(8-5-14)24-10-2-3-11-24/h4-9,12H,2-3,10-11,13H2,1H3,(H,21,25)(H,22,26). The SMILES string of the molecule is Cn1c(=O)[nH]c2cc(C(=O)NCc3ccc(N4CCCC4)cc3)ccc21. The van der Waals surface area contributed by atoms with Crippen molar-refractivity contribution in [1.82, 2.24) is 14.9 Å². The highest BCUT2D eigenvalue weighted by atomic mass is 16.2. The van der Waals surface area contributed by atoms with Gasteiger partial charge in [0.05, 0.1) is 11.0 Å². The van der Waals surface area contributed by atoms with Gasteiger partial charge in [0.1, 0.15) is 0 Å². The maximum absolute atomic E-state index is 12.4. The zero-order valence-electron chi connectivity index (χ0n) is 14.8. The summed E-state index contributed by atoms with van der Waals surface area (Å²) in [7, 11) is 1.70. The number of carbonyl (C=O) groups is 1. The third-order valence-electron chi connectivity index (χ3n) is 5.03. The predicted molar refractivity (Wildman–Crippen MR) is 103 cm³/mol. The first-order valence-electron chi connectivity index (χ1n) is 8.93. The summed E-state index contributed by atoms with van der Waals surface area (Å²) in [6.07, 6.45) is 2.52. The van der Waals surface area contributed by atoms with Crippen molar-refractivity contribution in [2.24, 2.45) is 7.05 Å². The summed E-state index contributed by atoms with van der Waals surface area (Å²) in [5.41, 5.74) is 4.11. The summed E-state index contributed by atoms with van der Waals surface area (Å²) in [5.74, 6) is -0.153. The zero-order chi connectivity index (χ0) is 18.1. The number of aromatic amines is 1. The molecule has 1 saturated heterocycles. The summed E-state index contributed by atoms with van der Waals surface area (Å²) in [6.45, 7) is 2.72. The van der Waals surface area contributed by atoms with Gasteiger partial charge in [-0.2, -0.15) is 0 Å². The molecule has 26 heavy (non-hydrogen) atoms. The number of hydrogen-bond acceptors (Lipinski definition) is 3. The number of imidazole rings is 1. The van der Waals surface area contributed by atoms with Crippen LogP contribution in [0.25, 0.3) is 11.0 Å². The van der Waals surface area contributed by atoms with Gasteiger partial charge in [0.15, 0.2) is 0 Å². The Morgan fingerprint density at radius 3 is 2.58 bits per heavy atom. The molecule has 0 saturated carbocycles. The van der Waals surface area contributed by atoms with Crippen LogP contribution in [0.4, 0.5) is 5.69 Å². The fourth-order valence-corrected chi connectivity index (χ4v) is 3.46. The minimum Gasteiger partial charge on any atom is -0.372 e. The largest absolute Gasteiger partial charge is 0.372 e. The molecular weight excluding hydrogens is 328 g/mol. The molecule has 0 unspecified atom stereocenters. The minimum absolute atomic E-state index is 0.153. The van der Waals surface area contributed by atoms with Crippen LogP contribution in [0.1, 0.15) is 28.8 Å². The summed E-state index contributed by atoms with van der Waals surface area (Å²) in [4.78, 5) is 29.2. The van der Waals surface area contributed by atoms with Gasteiger partial charge < -0.3 is 15.2 Å². The molecule has 0 aliphatic carbocycles. The predicted octanol–water partition coefficient (Wildman–Crippen LogP) is 2.40. The molecule has 1 fully saturated rings. The molecule has 0 radical (unpaired) electrons. The molecule has 0 spiro atoms. The number of carbonyl (C=O) groups excluding carboxylic acids is 1. The minimum atomic E-state index is -0.185. The lowest BCUT2D eigenvalue weighted by molar-refractivity contribution is 0.0951. The molecule has 4 rings (SSSR count). The van der Waals surface area contributed by atoms with Crippen molar-refractivity contribution in [3.8, 4) is 0 Å². The smallest absolute Gasteiger partial charge is 0.326 e. The number of hydrogen-bond donors (Lipinski definition) is 2. The highest BCUT2D eigenvalue weighted by molar-refractivity contribution is 5.97. The van der Waals surface area contributed by atoms with Crippen LogP contribution >= 0.6 is 0 Å². The number of aryl methyl sites for hydroxylation is 1. The number of H-pyrrole nitrogens is 1. The van der Waals surface area contributed by atoms with Crippen molar-refractivity contribution < 1.29 is 4.79 Å². The summed E-state index contributed by atoms with van der Waals surface area (Å²) in [5, 5.41) is 2.94. The van der Waals surface area contributed by atoms with Crippen molar-refractivity contribution >= 4 is 22.6 Å². The number of aromatic nitrogens is 2. The average Bonchev–Trinajstić information content (AvgIpc) is 3.29. The van der Waals surface area contributed by atoms with Crippen LogP contribution in [0.15, 0.2) is 47.3 Å².